The lowest BCUT2D eigenvalue weighted by molar-refractivity contribution is 1.23. The molecule has 0 bridgehead atoms. The Morgan fingerprint density at radius 3 is 2.80 bits per heavy atom. The Hall–Kier alpha value is -0.720. The normalized spacial score (nSPS) is 8.90. The molecule has 0 aliphatic heterocycles. The van der Waals surface area contributed by atoms with Gasteiger partial charge in [0.2, 0.25) is 0 Å². The molecule has 0 unspecified atom stereocenters. The van der Waals surface area contributed by atoms with E-state index in [9.17, 15) is 0 Å². The summed E-state index contributed by atoms with van der Waals surface area (Å²) in [5.41, 5.74) is 0. The molecule has 0 fully saturated rings. The predicted octanol–water partition coefficient (Wildman–Crippen LogP) is 2.32. The minimum atomic E-state index is 0.706. The molecular formula is C6H5ClN2S. The monoisotopic (exact) mass is 172 g/mol. The van der Waals surface area contributed by atoms with Crippen LogP contribution < -0.4 is 4.90 Å². The minimum absolute atomic E-state index is 0.706. The summed E-state index contributed by atoms with van der Waals surface area (Å²) in [6.45, 7) is 0. The van der Waals surface area contributed by atoms with Gasteiger partial charge in [-0.15, -0.1) is 11.3 Å². The van der Waals surface area contributed by atoms with Crippen molar-refractivity contribution in [3.63, 3.8) is 0 Å². The van der Waals surface area contributed by atoms with Crippen LogP contribution in [0.1, 0.15) is 0 Å². The second-order valence-corrected chi connectivity index (χ2v) is 3.43. The number of anilines is 1. The van der Waals surface area contributed by atoms with Gasteiger partial charge in [-0.3, -0.25) is 4.90 Å². The third-order valence-corrected chi connectivity index (χ3v) is 2.35. The van der Waals surface area contributed by atoms with Gasteiger partial charge in [0.05, 0.1) is 4.34 Å². The van der Waals surface area contributed by atoms with Crippen molar-refractivity contribution in [2.45, 2.75) is 0 Å². The molecule has 1 aromatic rings. The topological polar surface area (TPSA) is 27.0 Å². The summed E-state index contributed by atoms with van der Waals surface area (Å²) >= 11 is 7.03. The van der Waals surface area contributed by atoms with E-state index in [-0.39, 0.29) is 0 Å². The molecule has 10 heavy (non-hydrogen) atoms. The average molecular weight is 173 g/mol. The Labute approximate surface area is 68.3 Å². The number of rotatable bonds is 1. The molecule has 1 heterocycles. The first-order valence-electron chi connectivity index (χ1n) is 2.63. The van der Waals surface area contributed by atoms with Crippen LogP contribution in [0.5, 0.6) is 0 Å². The van der Waals surface area contributed by atoms with Gasteiger partial charge in [-0.05, 0) is 12.1 Å². The van der Waals surface area contributed by atoms with Crippen molar-refractivity contribution in [1.82, 2.24) is 0 Å². The lowest BCUT2D eigenvalue weighted by atomic mass is 10.6. The quantitative estimate of drug-likeness (QED) is 0.480. The van der Waals surface area contributed by atoms with Gasteiger partial charge in [-0.1, -0.05) is 11.6 Å². The van der Waals surface area contributed by atoms with E-state index in [1.807, 2.05) is 12.3 Å². The molecule has 0 spiro atoms. The fourth-order valence-corrected chi connectivity index (χ4v) is 1.48. The van der Waals surface area contributed by atoms with Crippen LogP contribution in [-0.2, 0) is 0 Å². The highest BCUT2D eigenvalue weighted by molar-refractivity contribution is 7.19. The number of hydrogen-bond acceptors (Lipinski definition) is 3. The molecular weight excluding hydrogens is 168 g/mol. The van der Waals surface area contributed by atoms with Crippen LogP contribution in [-0.4, -0.2) is 7.05 Å². The van der Waals surface area contributed by atoms with Crippen LogP contribution in [0.3, 0.4) is 0 Å². The molecule has 1 rings (SSSR count). The summed E-state index contributed by atoms with van der Waals surface area (Å²) in [6, 6.07) is 3.59. The Morgan fingerprint density at radius 2 is 2.40 bits per heavy atom. The van der Waals surface area contributed by atoms with Crippen molar-refractivity contribution in [3.8, 4) is 6.19 Å². The van der Waals surface area contributed by atoms with Crippen LogP contribution in [0.4, 0.5) is 5.00 Å². The molecule has 0 saturated carbocycles. The van der Waals surface area contributed by atoms with Crippen molar-refractivity contribution < 1.29 is 0 Å². The van der Waals surface area contributed by atoms with E-state index >= 15 is 0 Å². The minimum Gasteiger partial charge on any atom is -0.273 e. The fraction of sp³-hybridized carbons (Fsp3) is 0.167. The Bertz CT molecular complexity index is 263. The molecule has 0 aliphatic rings. The van der Waals surface area contributed by atoms with Crippen LogP contribution in [0.15, 0.2) is 12.1 Å². The smallest absolute Gasteiger partial charge is 0.184 e. The lowest BCUT2D eigenvalue weighted by Gasteiger charge is -2.01. The second kappa shape index (κ2) is 2.91. The Kier molecular flexibility index (Phi) is 2.15. The maximum atomic E-state index is 8.44. The van der Waals surface area contributed by atoms with Gasteiger partial charge in [0.25, 0.3) is 0 Å². The van der Waals surface area contributed by atoms with Crippen molar-refractivity contribution in [3.05, 3.63) is 16.5 Å². The molecule has 4 heteroatoms. The molecule has 0 radical (unpaired) electrons. The fourth-order valence-electron chi connectivity index (χ4n) is 0.534. The van der Waals surface area contributed by atoms with Gasteiger partial charge in [0.15, 0.2) is 6.19 Å². The van der Waals surface area contributed by atoms with E-state index in [0.717, 1.165) is 5.00 Å². The lowest BCUT2D eigenvalue weighted by Crippen LogP contribution is -2.05. The van der Waals surface area contributed by atoms with E-state index in [4.69, 9.17) is 16.9 Å². The predicted molar refractivity (Wildman–Crippen MR) is 43.3 cm³/mol. The second-order valence-electron chi connectivity index (χ2n) is 1.74. The van der Waals surface area contributed by atoms with Gasteiger partial charge < -0.3 is 0 Å². The molecule has 0 N–H and O–H groups in total. The zero-order chi connectivity index (χ0) is 7.56. The Balaban J connectivity index is 2.87. The Morgan fingerprint density at radius 1 is 1.70 bits per heavy atom. The molecule has 0 aromatic carbocycles. The number of hydrogen-bond donors (Lipinski definition) is 0. The molecule has 0 atom stereocenters. The number of nitrogens with zero attached hydrogens (tertiary/aromatic N) is 2. The average Bonchev–Trinajstić information content (AvgIpc) is 2.34. The van der Waals surface area contributed by atoms with Crippen molar-refractivity contribution >= 4 is 27.9 Å². The first kappa shape index (κ1) is 7.39. The zero-order valence-electron chi connectivity index (χ0n) is 5.34. The highest BCUT2D eigenvalue weighted by atomic mass is 35.5. The first-order chi connectivity index (χ1) is 4.74. The largest absolute Gasteiger partial charge is 0.273 e. The van der Waals surface area contributed by atoms with E-state index in [1.54, 1.807) is 13.1 Å². The van der Waals surface area contributed by atoms with E-state index < -0.39 is 0 Å². The number of halogens is 1. The summed E-state index contributed by atoms with van der Waals surface area (Å²) in [6.07, 6.45) is 1.98. The molecule has 52 valence electrons. The maximum absolute atomic E-state index is 8.44. The number of nitriles is 1. The van der Waals surface area contributed by atoms with Gasteiger partial charge in [-0.2, -0.15) is 5.26 Å². The third kappa shape index (κ3) is 1.41. The van der Waals surface area contributed by atoms with Gasteiger partial charge in [0.1, 0.15) is 5.00 Å². The van der Waals surface area contributed by atoms with Crippen LogP contribution in [0.25, 0.3) is 0 Å². The summed E-state index contributed by atoms with van der Waals surface area (Å²) in [5.74, 6) is 0. The van der Waals surface area contributed by atoms with E-state index in [0.29, 0.717) is 4.34 Å². The van der Waals surface area contributed by atoms with Crippen molar-refractivity contribution in [2.24, 2.45) is 0 Å². The molecule has 2 nitrogen and oxygen atoms in total. The number of thiophene rings is 1. The summed E-state index contributed by atoms with van der Waals surface area (Å²) in [7, 11) is 1.70. The van der Waals surface area contributed by atoms with Gasteiger partial charge in [0, 0.05) is 7.05 Å². The van der Waals surface area contributed by atoms with Crippen molar-refractivity contribution in [1.29, 1.82) is 5.26 Å². The van der Waals surface area contributed by atoms with E-state index in [2.05, 4.69) is 0 Å². The highest BCUT2D eigenvalue weighted by Crippen LogP contribution is 2.27. The van der Waals surface area contributed by atoms with Gasteiger partial charge >= 0.3 is 0 Å². The van der Waals surface area contributed by atoms with Crippen LogP contribution in [0, 0.1) is 11.5 Å². The SMILES string of the molecule is CN(C#N)c1ccc(Cl)s1. The maximum Gasteiger partial charge on any atom is 0.184 e. The van der Waals surface area contributed by atoms with Crippen LogP contribution in [0.2, 0.25) is 4.34 Å². The summed E-state index contributed by atoms with van der Waals surface area (Å²) < 4.78 is 0.706. The highest BCUT2D eigenvalue weighted by Gasteiger charge is 2.00. The summed E-state index contributed by atoms with van der Waals surface area (Å²) in [4.78, 5) is 1.47. The molecule has 0 amide bonds. The molecule has 1 aromatic heterocycles. The first-order valence-corrected chi connectivity index (χ1v) is 3.82. The standard InChI is InChI=1S/C6H5ClN2S/c1-9(4-8)6-3-2-5(7)10-6/h2-3H,1H3. The zero-order valence-corrected chi connectivity index (χ0v) is 6.91. The summed E-state index contributed by atoms with van der Waals surface area (Å²) in [5, 5.41) is 9.31. The molecule has 0 aliphatic carbocycles. The van der Waals surface area contributed by atoms with Crippen LogP contribution >= 0.6 is 22.9 Å². The molecule has 0 saturated heterocycles. The van der Waals surface area contributed by atoms with E-state index in [1.165, 1.54) is 16.2 Å². The van der Waals surface area contributed by atoms with Crippen molar-refractivity contribution in [2.75, 3.05) is 11.9 Å². The third-order valence-electron chi connectivity index (χ3n) is 1.04. The van der Waals surface area contributed by atoms with Gasteiger partial charge in [-0.25, -0.2) is 0 Å².